The van der Waals surface area contributed by atoms with Gasteiger partial charge in [0.15, 0.2) is 5.79 Å². The van der Waals surface area contributed by atoms with Crippen LogP contribution in [0.1, 0.15) is 20.3 Å². The van der Waals surface area contributed by atoms with E-state index in [2.05, 4.69) is 13.8 Å². The van der Waals surface area contributed by atoms with Gasteiger partial charge in [-0.15, -0.1) is 0 Å². The van der Waals surface area contributed by atoms with Crippen molar-refractivity contribution in [1.82, 2.24) is 0 Å². The van der Waals surface area contributed by atoms with E-state index in [1.807, 2.05) is 0 Å². The van der Waals surface area contributed by atoms with E-state index in [0.29, 0.717) is 0 Å². The standard InChI is InChI=1S/C7H14O2/c1-6(2)5-7(6,8-3)9-4/h5H2,1-4H3. The molecule has 1 fully saturated rings. The van der Waals surface area contributed by atoms with Gasteiger partial charge >= 0.3 is 0 Å². The van der Waals surface area contributed by atoms with Crippen molar-refractivity contribution < 1.29 is 9.47 Å². The van der Waals surface area contributed by atoms with Crippen LogP contribution in [-0.2, 0) is 9.47 Å². The van der Waals surface area contributed by atoms with E-state index in [4.69, 9.17) is 9.47 Å². The van der Waals surface area contributed by atoms with E-state index < -0.39 is 0 Å². The maximum Gasteiger partial charge on any atom is 0.173 e. The summed E-state index contributed by atoms with van der Waals surface area (Å²) in [7, 11) is 3.39. The molecule has 1 aliphatic rings. The average Bonchev–Trinajstić information content (AvgIpc) is 2.35. The molecule has 0 aromatic rings. The van der Waals surface area contributed by atoms with Crippen molar-refractivity contribution in [3.05, 3.63) is 0 Å². The predicted octanol–water partition coefficient (Wildman–Crippen LogP) is 1.41. The predicted molar refractivity (Wildman–Crippen MR) is 35.1 cm³/mol. The second-order valence-corrected chi connectivity index (χ2v) is 3.22. The quantitative estimate of drug-likeness (QED) is 0.526. The van der Waals surface area contributed by atoms with Gasteiger partial charge < -0.3 is 9.47 Å². The summed E-state index contributed by atoms with van der Waals surface area (Å²) in [6.45, 7) is 4.28. The van der Waals surface area contributed by atoms with E-state index in [-0.39, 0.29) is 11.2 Å². The zero-order valence-corrected chi connectivity index (χ0v) is 6.52. The lowest BCUT2D eigenvalue weighted by atomic mass is 10.2. The molecule has 0 amide bonds. The second-order valence-electron chi connectivity index (χ2n) is 3.22. The second kappa shape index (κ2) is 1.70. The fourth-order valence-electron chi connectivity index (χ4n) is 1.32. The molecule has 1 rings (SSSR count). The third kappa shape index (κ3) is 0.775. The van der Waals surface area contributed by atoms with Crippen LogP contribution in [0.3, 0.4) is 0 Å². The first-order valence-electron chi connectivity index (χ1n) is 3.18. The Hall–Kier alpha value is -0.0800. The van der Waals surface area contributed by atoms with Gasteiger partial charge in [0.1, 0.15) is 0 Å². The summed E-state index contributed by atoms with van der Waals surface area (Å²) in [4.78, 5) is 0. The summed E-state index contributed by atoms with van der Waals surface area (Å²) >= 11 is 0. The van der Waals surface area contributed by atoms with Crippen molar-refractivity contribution in [1.29, 1.82) is 0 Å². The Morgan fingerprint density at radius 3 is 1.44 bits per heavy atom. The van der Waals surface area contributed by atoms with Crippen molar-refractivity contribution in [2.24, 2.45) is 5.41 Å². The van der Waals surface area contributed by atoms with Gasteiger partial charge in [0.05, 0.1) is 0 Å². The molecule has 0 bridgehead atoms. The topological polar surface area (TPSA) is 18.5 Å². The van der Waals surface area contributed by atoms with Gasteiger partial charge in [-0.05, 0) is 0 Å². The van der Waals surface area contributed by atoms with Crippen LogP contribution in [-0.4, -0.2) is 20.0 Å². The number of rotatable bonds is 2. The van der Waals surface area contributed by atoms with Crippen molar-refractivity contribution in [3.63, 3.8) is 0 Å². The highest BCUT2D eigenvalue weighted by Crippen LogP contribution is 2.58. The third-order valence-corrected chi connectivity index (χ3v) is 2.24. The van der Waals surface area contributed by atoms with Crippen LogP contribution in [0.2, 0.25) is 0 Å². The summed E-state index contributed by atoms with van der Waals surface area (Å²) in [5, 5.41) is 0. The van der Waals surface area contributed by atoms with Crippen LogP contribution in [0, 0.1) is 5.41 Å². The summed E-state index contributed by atoms with van der Waals surface area (Å²) in [5.41, 5.74) is 0.219. The van der Waals surface area contributed by atoms with Crippen molar-refractivity contribution >= 4 is 0 Å². The zero-order chi connectivity index (χ0) is 7.12. The molecular weight excluding hydrogens is 116 g/mol. The van der Waals surface area contributed by atoms with E-state index in [9.17, 15) is 0 Å². The molecule has 54 valence electrons. The molecule has 0 unspecified atom stereocenters. The van der Waals surface area contributed by atoms with Gasteiger partial charge in [0.2, 0.25) is 0 Å². The molecule has 0 aromatic carbocycles. The monoisotopic (exact) mass is 130 g/mol. The lowest BCUT2D eigenvalue weighted by molar-refractivity contribution is -0.151. The third-order valence-electron chi connectivity index (χ3n) is 2.24. The van der Waals surface area contributed by atoms with E-state index in [1.54, 1.807) is 14.2 Å². The van der Waals surface area contributed by atoms with Crippen molar-refractivity contribution in [2.45, 2.75) is 26.1 Å². The summed E-state index contributed by atoms with van der Waals surface area (Å²) in [5.74, 6) is -0.271. The minimum absolute atomic E-state index is 0.219. The molecule has 1 saturated carbocycles. The fourth-order valence-corrected chi connectivity index (χ4v) is 1.32. The van der Waals surface area contributed by atoms with Gasteiger partial charge in [-0.3, -0.25) is 0 Å². The minimum Gasteiger partial charge on any atom is -0.353 e. The smallest absolute Gasteiger partial charge is 0.173 e. The molecule has 0 spiro atoms. The molecule has 1 aliphatic carbocycles. The Kier molecular flexibility index (Phi) is 1.33. The summed E-state index contributed by atoms with van der Waals surface area (Å²) < 4.78 is 10.4. The van der Waals surface area contributed by atoms with Gasteiger partial charge in [-0.2, -0.15) is 0 Å². The maximum absolute atomic E-state index is 5.19. The molecule has 0 atom stereocenters. The maximum atomic E-state index is 5.19. The molecule has 0 radical (unpaired) electrons. The molecular formula is C7H14O2. The normalized spacial score (nSPS) is 28.0. The number of hydrogen-bond donors (Lipinski definition) is 0. The van der Waals surface area contributed by atoms with Gasteiger partial charge in [-0.25, -0.2) is 0 Å². The fraction of sp³-hybridized carbons (Fsp3) is 1.00. The number of ether oxygens (including phenoxy) is 2. The molecule has 9 heavy (non-hydrogen) atoms. The van der Waals surface area contributed by atoms with Crippen LogP contribution in [0.5, 0.6) is 0 Å². The lowest BCUT2D eigenvalue weighted by Crippen LogP contribution is -2.21. The van der Waals surface area contributed by atoms with Crippen LogP contribution in [0.4, 0.5) is 0 Å². The highest BCUT2D eigenvalue weighted by atomic mass is 16.7. The molecule has 0 saturated heterocycles. The van der Waals surface area contributed by atoms with Crippen molar-refractivity contribution in [3.8, 4) is 0 Å². The molecule has 0 aromatic heterocycles. The molecule has 0 aliphatic heterocycles. The Bertz CT molecular complexity index is 114. The molecule has 0 heterocycles. The van der Waals surface area contributed by atoms with Crippen LogP contribution in [0.25, 0.3) is 0 Å². The van der Waals surface area contributed by atoms with Gasteiger partial charge in [-0.1, -0.05) is 13.8 Å². The molecule has 2 nitrogen and oxygen atoms in total. The van der Waals surface area contributed by atoms with Crippen LogP contribution in [0.15, 0.2) is 0 Å². The largest absolute Gasteiger partial charge is 0.353 e. The Labute approximate surface area is 56.2 Å². The van der Waals surface area contributed by atoms with E-state index in [1.165, 1.54) is 0 Å². The van der Waals surface area contributed by atoms with Crippen molar-refractivity contribution in [2.75, 3.05) is 14.2 Å². The Morgan fingerprint density at radius 1 is 1.11 bits per heavy atom. The van der Waals surface area contributed by atoms with Crippen LogP contribution < -0.4 is 0 Å². The van der Waals surface area contributed by atoms with E-state index >= 15 is 0 Å². The lowest BCUT2D eigenvalue weighted by Gasteiger charge is -2.15. The van der Waals surface area contributed by atoms with Gasteiger partial charge in [0.25, 0.3) is 0 Å². The first-order chi connectivity index (χ1) is 4.08. The minimum atomic E-state index is -0.271. The molecule has 0 N–H and O–H groups in total. The Balaban J connectivity index is 2.57. The summed E-state index contributed by atoms with van der Waals surface area (Å²) in [6, 6.07) is 0. The Morgan fingerprint density at radius 2 is 1.44 bits per heavy atom. The van der Waals surface area contributed by atoms with Gasteiger partial charge in [0, 0.05) is 26.1 Å². The van der Waals surface area contributed by atoms with E-state index in [0.717, 1.165) is 6.42 Å². The number of hydrogen-bond acceptors (Lipinski definition) is 2. The first kappa shape index (κ1) is 7.03. The highest BCUT2D eigenvalue weighted by molar-refractivity contribution is 5.05. The average molecular weight is 130 g/mol. The van der Waals surface area contributed by atoms with Crippen LogP contribution >= 0.6 is 0 Å². The SMILES string of the molecule is COC1(OC)CC1(C)C. The molecule has 2 heteroatoms. The zero-order valence-electron chi connectivity index (χ0n) is 6.52. The summed E-state index contributed by atoms with van der Waals surface area (Å²) in [6.07, 6.45) is 1.01. The highest BCUT2D eigenvalue weighted by Gasteiger charge is 2.63. The first-order valence-corrected chi connectivity index (χ1v) is 3.18. The number of methoxy groups -OCH3 is 2.